The molecule has 2 aromatic carbocycles. The second-order valence-electron chi connectivity index (χ2n) is 4.25. The second-order valence-corrected chi connectivity index (χ2v) is 4.25. The summed E-state index contributed by atoms with van der Waals surface area (Å²) in [6, 6.07) is 10.7. The van der Waals surface area contributed by atoms with Crippen LogP contribution in [0.2, 0.25) is 0 Å². The molecule has 0 saturated heterocycles. The third-order valence-corrected chi connectivity index (χ3v) is 2.83. The molecule has 2 aromatic rings. The van der Waals surface area contributed by atoms with Crippen LogP contribution in [0.25, 0.3) is 0 Å². The van der Waals surface area contributed by atoms with Gasteiger partial charge in [-0.05, 0) is 29.8 Å². The molecule has 0 heterocycles. The molecule has 0 bridgehead atoms. The molecular weight excluding hydrogens is 274 g/mol. The van der Waals surface area contributed by atoms with E-state index < -0.39 is 10.8 Å². The third kappa shape index (κ3) is 3.34. The molecule has 0 aromatic heterocycles. The lowest BCUT2D eigenvalue weighted by Gasteiger charge is -2.07. The molecular formula is C14H13N3O4. The van der Waals surface area contributed by atoms with E-state index in [0.717, 1.165) is 11.6 Å². The van der Waals surface area contributed by atoms with Crippen molar-refractivity contribution in [2.75, 3.05) is 0 Å². The van der Waals surface area contributed by atoms with Crippen molar-refractivity contribution in [1.29, 1.82) is 0 Å². The monoisotopic (exact) mass is 287 g/mol. The molecule has 0 fully saturated rings. The fourth-order valence-corrected chi connectivity index (χ4v) is 1.72. The van der Waals surface area contributed by atoms with Gasteiger partial charge in [0.15, 0.2) is 0 Å². The molecule has 1 amide bonds. The number of nitro groups is 1. The quantitative estimate of drug-likeness (QED) is 0.642. The van der Waals surface area contributed by atoms with Crippen molar-refractivity contribution < 1.29 is 14.5 Å². The maximum Gasteiger partial charge on any atom is 0.312 e. The van der Waals surface area contributed by atoms with E-state index in [1.807, 2.05) is 0 Å². The van der Waals surface area contributed by atoms with Crippen molar-refractivity contribution in [2.24, 2.45) is 11.5 Å². The zero-order valence-electron chi connectivity index (χ0n) is 11.0. The minimum absolute atomic E-state index is 0.0329. The van der Waals surface area contributed by atoms with Crippen LogP contribution < -0.4 is 16.2 Å². The summed E-state index contributed by atoms with van der Waals surface area (Å²) < 4.78 is 5.47. The molecule has 4 N–H and O–H groups in total. The summed E-state index contributed by atoms with van der Waals surface area (Å²) >= 11 is 0. The fourth-order valence-electron chi connectivity index (χ4n) is 1.72. The highest BCUT2D eigenvalue weighted by atomic mass is 16.6. The van der Waals surface area contributed by atoms with Crippen LogP contribution in [-0.4, -0.2) is 10.8 Å². The standard InChI is InChI=1S/C14H13N3O4/c15-8-9-1-4-11(5-2-9)21-13-6-3-10(14(16)18)7-12(13)17(19)20/h1-7H,8,15H2,(H2,16,18). The first-order chi connectivity index (χ1) is 10.0. The van der Waals surface area contributed by atoms with Gasteiger partial charge >= 0.3 is 5.69 Å². The molecule has 0 aliphatic heterocycles. The van der Waals surface area contributed by atoms with Gasteiger partial charge in [-0.1, -0.05) is 12.1 Å². The lowest BCUT2D eigenvalue weighted by Crippen LogP contribution is -2.11. The van der Waals surface area contributed by atoms with Crippen LogP contribution in [-0.2, 0) is 6.54 Å². The number of rotatable bonds is 5. The zero-order valence-corrected chi connectivity index (χ0v) is 11.0. The summed E-state index contributed by atoms with van der Waals surface area (Å²) in [6.45, 7) is 0.397. The smallest absolute Gasteiger partial charge is 0.312 e. The first-order valence-electron chi connectivity index (χ1n) is 6.06. The number of benzene rings is 2. The van der Waals surface area contributed by atoms with E-state index in [9.17, 15) is 14.9 Å². The lowest BCUT2D eigenvalue weighted by molar-refractivity contribution is -0.385. The van der Waals surface area contributed by atoms with Gasteiger partial charge in [0, 0.05) is 18.2 Å². The van der Waals surface area contributed by atoms with Gasteiger partial charge in [-0.3, -0.25) is 14.9 Å². The summed E-state index contributed by atoms with van der Waals surface area (Å²) in [4.78, 5) is 21.5. The van der Waals surface area contributed by atoms with Gasteiger partial charge in [-0.2, -0.15) is 0 Å². The average Bonchev–Trinajstić information content (AvgIpc) is 2.48. The van der Waals surface area contributed by atoms with Crippen LogP contribution in [0.1, 0.15) is 15.9 Å². The number of amides is 1. The highest BCUT2D eigenvalue weighted by Gasteiger charge is 2.18. The number of nitrogens with two attached hydrogens (primary N) is 2. The van der Waals surface area contributed by atoms with Crippen LogP contribution in [0.3, 0.4) is 0 Å². The van der Waals surface area contributed by atoms with Crippen molar-refractivity contribution >= 4 is 11.6 Å². The molecule has 7 nitrogen and oxygen atoms in total. The fraction of sp³-hybridized carbons (Fsp3) is 0.0714. The number of nitrogens with zero attached hydrogens (tertiary/aromatic N) is 1. The summed E-state index contributed by atoms with van der Waals surface area (Å²) in [5.41, 5.74) is 11.2. The predicted octanol–water partition coefficient (Wildman–Crippen LogP) is 1.94. The first kappa shape index (κ1) is 14.5. The molecule has 0 radical (unpaired) electrons. The number of hydrogen-bond donors (Lipinski definition) is 2. The van der Waals surface area contributed by atoms with Crippen molar-refractivity contribution in [3.63, 3.8) is 0 Å². The Morgan fingerprint density at radius 3 is 2.38 bits per heavy atom. The van der Waals surface area contributed by atoms with Gasteiger partial charge in [-0.25, -0.2) is 0 Å². The minimum atomic E-state index is -0.739. The summed E-state index contributed by atoms with van der Waals surface area (Å²) in [6.07, 6.45) is 0. The Labute approximate surface area is 120 Å². The zero-order chi connectivity index (χ0) is 15.4. The molecule has 0 unspecified atom stereocenters. The number of hydrogen-bond acceptors (Lipinski definition) is 5. The number of nitro benzene ring substituents is 1. The van der Waals surface area contributed by atoms with Gasteiger partial charge in [0.2, 0.25) is 11.7 Å². The highest BCUT2D eigenvalue weighted by Crippen LogP contribution is 2.32. The van der Waals surface area contributed by atoms with Crippen LogP contribution in [0, 0.1) is 10.1 Å². The van der Waals surface area contributed by atoms with Crippen molar-refractivity contribution in [3.05, 3.63) is 63.7 Å². The van der Waals surface area contributed by atoms with E-state index >= 15 is 0 Å². The normalized spacial score (nSPS) is 10.1. The van der Waals surface area contributed by atoms with Crippen LogP contribution in [0.4, 0.5) is 5.69 Å². The first-order valence-corrected chi connectivity index (χ1v) is 6.06. The minimum Gasteiger partial charge on any atom is -0.450 e. The summed E-state index contributed by atoms with van der Waals surface area (Å²) in [5.74, 6) is -0.274. The van der Waals surface area contributed by atoms with Crippen LogP contribution >= 0.6 is 0 Å². The van der Waals surface area contributed by atoms with Gasteiger partial charge in [0.05, 0.1) is 4.92 Å². The van der Waals surface area contributed by atoms with E-state index in [0.29, 0.717) is 12.3 Å². The van der Waals surface area contributed by atoms with Gasteiger partial charge in [0.1, 0.15) is 5.75 Å². The molecule has 0 atom stereocenters. The molecule has 0 aliphatic rings. The van der Waals surface area contributed by atoms with Crippen molar-refractivity contribution in [1.82, 2.24) is 0 Å². The predicted molar refractivity (Wildman–Crippen MR) is 76.0 cm³/mol. The molecule has 108 valence electrons. The maximum absolute atomic E-state index is 11.1. The highest BCUT2D eigenvalue weighted by molar-refractivity contribution is 5.93. The number of ether oxygens (including phenoxy) is 1. The average molecular weight is 287 g/mol. The molecule has 21 heavy (non-hydrogen) atoms. The molecule has 0 saturated carbocycles. The number of primary amides is 1. The Balaban J connectivity index is 2.34. The molecule has 2 rings (SSSR count). The van der Waals surface area contributed by atoms with E-state index in [1.165, 1.54) is 12.1 Å². The van der Waals surface area contributed by atoms with Gasteiger partial charge in [-0.15, -0.1) is 0 Å². The van der Waals surface area contributed by atoms with E-state index in [4.69, 9.17) is 16.2 Å². The van der Waals surface area contributed by atoms with Gasteiger partial charge in [0.25, 0.3) is 0 Å². The Kier molecular flexibility index (Phi) is 4.15. The molecule has 0 aliphatic carbocycles. The topological polar surface area (TPSA) is 121 Å². The molecule has 7 heteroatoms. The number of carbonyl (C=O) groups is 1. The van der Waals surface area contributed by atoms with Gasteiger partial charge < -0.3 is 16.2 Å². The summed E-state index contributed by atoms with van der Waals surface area (Å²) in [5, 5.41) is 11.0. The largest absolute Gasteiger partial charge is 0.450 e. The van der Waals surface area contributed by atoms with Crippen molar-refractivity contribution in [3.8, 4) is 11.5 Å². The SMILES string of the molecule is NCc1ccc(Oc2ccc(C(N)=O)cc2[N+](=O)[O-])cc1. The van der Waals surface area contributed by atoms with Crippen LogP contribution in [0.5, 0.6) is 11.5 Å². The van der Waals surface area contributed by atoms with E-state index in [-0.39, 0.29) is 17.0 Å². The Morgan fingerprint density at radius 2 is 1.86 bits per heavy atom. The van der Waals surface area contributed by atoms with Crippen molar-refractivity contribution in [2.45, 2.75) is 6.54 Å². The lowest BCUT2D eigenvalue weighted by atomic mass is 10.1. The van der Waals surface area contributed by atoms with E-state index in [1.54, 1.807) is 24.3 Å². The maximum atomic E-state index is 11.1. The van der Waals surface area contributed by atoms with Crippen LogP contribution in [0.15, 0.2) is 42.5 Å². The van der Waals surface area contributed by atoms with E-state index in [2.05, 4.69) is 0 Å². The second kappa shape index (κ2) is 6.02. The summed E-state index contributed by atoms with van der Waals surface area (Å²) in [7, 11) is 0. The molecule has 0 spiro atoms. The Morgan fingerprint density at radius 1 is 1.19 bits per heavy atom. The Hall–Kier alpha value is -2.93. The Bertz CT molecular complexity index is 683. The third-order valence-electron chi connectivity index (χ3n) is 2.83. The number of carbonyl (C=O) groups excluding carboxylic acids is 1.